The zero-order valence-corrected chi connectivity index (χ0v) is 15.6. The van der Waals surface area contributed by atoms with Gasteiger partial charge in [-0.1, -0.05) is 35.9 Å². The molecule has 1 amide bonds. The van der Waals surface area contributed by atoms with Crippen molar-refractivity contribution in [3.63, 3.8) is 0 Å². The van der Waals surface area contributed by atoms with E-state index < -0.39 is 6.04 Å². The number of hydrogen-bond acceptors (Lipinski definition) is 4. The minimum atomic E-state index is -0.685. The molecule has 5 nitrogen and oxygen atoms in total. The molecule has 0 heterocycles. The monoisotopic (exact) mass is 364 g/mol. The zero-order chi connectivity index (χ0) is 17.5. The molecule has 1 atom stereocenters. The highest BCUT2D eigenvalue weighted by atomic mass is 35.5. The smallest absolute Gasteiger partial charge is 0.241 e. The summed E-state index contributed by atoms with van der Waals surface area (Å²) in [5, 5.41) is 2.86. The Morgan fingerprint density at radius 2 is 1.84 bits per heavy atom. The first kappa shape index (κ1) is 20.8. The van der Waals surface area contributed by atoms with E-state index in [2.05, 4.69) is 5.32 Å². The normalized spacial score (nSPS) is 11.2. The molecule has 1 unspecified atom stereocenters. The van der Waals surface area contributed by atoms with Crippen molar-refractivity contribution in [2.24, 2.45) is 5.73 Å². The summed E-state index contributed by atoms with van der Waals surface area (Å²) in [7, 11) is 1.60. The number of carbonyl (C=O) groups excluding carboxylic acids is 1. The molecule has 0 radical (unpaired) electrons. The molecule has 136 valence electrons. The second-order valence-electron chi connectivity index (χ2n) is 5.52. The second-order valence-corrected chi connectivity index (χ2v) is 5.52. The van der Waals surface area contributed by atoms with Gasteiger partial charge in [0.2, 0.25) is 5.91 Å². The van der Waals surface area contributed by atoms with Crippen LogP contribution in [0.4, 0.5) is 0 Å². The molecule has 0 fully saturated rings. The highest BCUT2D eigenvalue weighted by Crippen LogP contribution is 2.28. The van der Waals surface area contributed by atoms with Gasteiger partial charge in [-0.05, 0) is 37.1 Å². The first-order valence-electron chi connectivity index (χ1n) is 7.94. The van der Waals surface area contributed by atoms with E-state index in [9.17, 15) is 4.79 Å². The Balaban J connectivity index is 0.00000312. The highest BCUT2D eigenvalue weighted by molar-refractivity contribution is 5.85. The zero-order valence-electron chi connectivity index (χ0n) is 14.7. The highest BCUT2D eigenvalue weighted by Gasteiger charge is 2.15. The lowest BCUT2D eigenvalue weighted by Gasteiger charge is -2.14. The van der Waals surface area contributed by atoms with Gasteiger partial charge in [0.15, 0.2) is 11.5 Å². The van der Waals surface area contributed by atoms with E-state index >= 15 is 0 Å². The van der Waals surface area contributed by atoms with Crippen LogP contribution in [0.1, 0.15) is 29.7 Å². The number of nitrogens with one attached hydrogen (secondary N) is 1. The standard InChI is InChI=1S/C19H24N2O3.ClH/c1-4-24-17-11-14(7-10-16(17)23-3)12-21-19(22)18(20)15-8-5-13(2)6-9-15;/h5-11,18H,4,12,20H2,1-3H3,(H,21,22);1H. The summed E-state index contributed by atoms with van der Waals surface area (Å²) in [5.41, 5.74) is 8.87. The lowest BCUT2D eigenvalue weighted by Crippen LogP contribution is -2.33. The Labute approximate surface area is 154 Å². The maximum absolute atomic E-state index is 12.2. The van der Waals surface area contributed by atoms with Gasteiger partial charge in [0.1, 0.15) is 6.04 Å². The molecule has 0 aromatic heterocycles. The third-order valence-electron chi connectivity index (χ3n) is 3.71. The first-order valence-corrected chi connectivity index (χ1v) is 7.94. The van der Waals surface area contributed by atoms with E-state index in [1.165, 1.54) is 0 Å². The van der Waals surface area contributed by atoms with E-state index in [4.69, 9.17) is 15.2 Å². The summed E-state index contributed by atoms with van der Waals surface area (Å²) in [4.78, 5) is 12.2. The number of benzene rings is 2. The minimum absolute atomic E-state index is 0. The molecule has 25 heavy (non-hydrogen) atoms. The number of amides is 1. The summed E-state index contributed by atoms with van der Waals surface area (Å²) in [6.07, 6.45) is 0. The summed E-state index contributed by atoms with van der Waals surface area (Å²) in [6.45, 7) is 4.83. The largest absolute Gasteiger partial charge is 0.493 e. The number of aryl methyl sites for hydroxylation is 1. The molecule has 2 rings (SSSR count). The van der Waals surface area contributed by atoms with E-state index in [1.807, 2.05) is 56.3 Å². The van der Waals surface area contributed by atoms with Gasteiger partial charge in [0.05, 0.1) is 13.7 Å². The van der Waals surface area contributed by atoms with Crippen LogP contribution in [0.15, 0.2) is 42.5 Å². The third-order valence-corrected chi connectivity index (χ3v) is 3.71. The number of carbonyl (C=O) groups is 1. The molecule has 0 spiro atoms. The molecule has 2 aromatic rings. The summed E-state index contributed by atoms with van der Waals surface area (Å²) < 4.78 is 10.8. The van der Waals surface area contributed by atoms with Crippen molar-refractivity contribution >= 4 is 18.3 Å². The maximum atomic E-state index is 12.2. The molecular weight excluding hydrogens is 340 g/mol. The average molecular weight is 365 g/mol. The van der Waals surface area contributed by atoms with E-state index in [0.29, 0.717) is 24.7 Å². The van der Waals surface area contributed by atoms with Crippen LogP contribution in [-0.2, 0) is 11.3 Å². The number of nitrogens with two attached hydrogens (primary N) is 1. The molecule has 0 saturated carbocycles. The van der Waals surface area contributed by atoms with E-state index in [-0.39, 0.29) is 18.3 Å². The SMILES string of the molecule is CCOc1cc(CNC(=O)C(N)c2ccc(C)cc2)ccc1OC.Cl. The Bertz CT molecular complexity index is 690. The third kappa shape index (κ3) is 5.66. The molecule has 0 saturated heterocycles. The van der Waals surface area contributed by atoms with Crippen LogP contribution in [0.5, 0.6) is 11.5 Å². The molecular formula is C19H25ClN2O3. The van der Waals surface area contributed by atoms with Crippen molar-refractivity contribution in [2.75, 3.05) is 13.7 Å². The van der Waals surface area contributed by atoms with Crippen LogP contribution in [0.3, 0.4) is 0 Å². The van der Waals surface area contributed by atoms with Crippen molar-refractivity contribution in [1.29, 1.82) is 0 Å². The van der Waals surface area contributed by atoms with Gasteiger partial charge in [-0.2, -0.15) is 0 Å². The fourth-order valence-electron chi connectivity index (χ4n) is 2.32. The molecule has 0 aliphatic rings. The van der Waals surface area contributed by atoms with E-state index in [0.717, 1.165) is 16.7 Å². The van der Waals surface area contributed by atoms with Gasteiger partial charge >= 0.3 is 0 Å². The minimum Gasteiger partial charge on any atom is -0.493 e. The van der Waals surface area contributed by atoms with Crippen LogP contribution >= 0.6 is 12.4 Å². The van der Waals surface area contributed by atoms with Crippen molar-refractivity contribution in [3.8, 4) is 11.5 Å². The lowest BCUT2D eigenvalue weighted by atomic mass is 10.1. The van der Waals surface area contributed by atoms with Gasteiger partial charge in [0.25, 0.3) is 0 Å². The fourth-order valence-corrected chi connectivity index (χ4v) is 2.32. The predicted octanol–water partition coefficient (Wildman–Crippen LogP) is 3.14. The summed E-state index contributed by atoms with van der Waals surface area (Å²) in [5.74, 6) is 1.12. The Morgan fingerprint density at radius 3 is 2.44 bits per heavy atom. The van der Waals surface area contributed by atoms with Gasteiger partial charge in [-0.25, -0.2) is 0 Å². The number of ether oxygens (including phenoxy) is 2. The topological polar surface area (TPSA) is 73.6 Å². The second kappa shape index (κ2) is 9.91. The average Bonchev–Trinajstić information content (AvgIpc) is 2.60. The van der Waals surface area contributed by atoms with Gasteiger partial charge in [-0.15, -0.1) is 12.4 Å². The van der Waals surface area contributed by atoms with Crippen LogP contribution in [0.2, 0.25) is 0 Å². The molecule has 0 aliphatic carbocycles. The van der Waals surface area contributed by atoms with Gasteiger partial charge < -0.3 is 20.5 Å². The maximum Gasteiger partial charge on any atom is 0.241 e. The van der Waals surface area contributed by atoms with Crippen molar-refractivity contribution < 1.29 is 14.3 Å². The molecule has 6 heteroatoms. The quantitative estimate of drug-likeness (QED) is 0.791. The number of rotatable bonds is 7. The molecule has 0 aliphatic heterocycles. The first-order chi connectivity index (χ1) is 11.5. The van der Waals surface area contributed by atoms with Crippen molar-refractivity contribution in [2.45, 2.75) is 26.4 Å². The Morgan fingerprint density at radius 1 is 1.16 bits per heavy atom. The molecule has 2 aromatic carbocycles. The van der Waals surface area contributed by atoms with Gasteiger partial charge in [0, 0.05) is 6.54 Å². The van der Waals surface area contributed by atoms with E-state index in [1.54, 1.807) is 7.11 Å². The summed E-state index contributed by atoms with van der Waals surface area (Å²) >= 11 is 0. The number of methoxy groups -OCH3 is 1. The van der Waals surface area contributed by atoms with Crippen LogP contribution < -0.4 is 20.5 Å². The number of hydrogen-bond donors (Lipinski definition) is 2. The Kier molecular flexibility index (Phi) is 8.25. The van der Waals surface area contributed by atoms with Crippen LogP contribution in [-0.4, -0.2) is 19.6 Å². The molecule has 3 N–H and O–H groups in total. The van der Waals surface area contributed by atoms with Gasteiger partial charge in [-0.3, -0.25) is 4.79 Å². The van der Waals surface area contributed by atoms with Crippen molar-refractivity contribution in [3.05, 3.63) is 59.2 Å². The number of halogens is 1. The lowest BCUT2D eigenvalue weighted by molar-refractivity contribution is -0.122. The predicted molar refractivity (Wildman–Crippen MR) is 101 cm³/mol. The van der Waals surface area contributed by atoms with Crippen molar-refractivity contribution in [1.82, 2.24) is 5.32 Å². The van der Waals surface area contributed by atoms with Crippen LogP contribution in [0, 0.1) is 6.92 Å². The Hall–Kier alpha value is -2.24. The fraction of sp³-hybridized carbons (Fsp3) is 0.316. The molecule has 0 bridgehead atoms. The summed E-state index contributed by atoms with van der Waals surface area (Å²) in [6, 6.07) is 12.5. The van der Waals surface area contributed by atoms with Crippen LogP contribution in [0.25, 0.3) is 0 Å².